The van der Waals surface area contributed by atoms with Gasteiger partial charge in [0.25, 0.3) is 0 Å². The number of rotatable bonds is 5. The Balaban J connectivity index is 1.30. The Morgan fingerprint density at radius 1 is 1.15 bits per heavy atom. The Morgan fingerprint density at radius 2 is 1.90 bits per heavy atom. The fourth-order valence-corrected chi connectivity index (χ4v) is 2.47. The van der Waals surface area contributed by atoms with Crippen LogP contribution >= 0.6 is 0 Å². The second kappa shape index (κ2) is 6.24. The zero-order valence-electron chi connectivity index (χ0n) is 11.4. The third-order valence-electron chi connectivity index (χ3n) is 3.78. The Morgan fingerprint density at radius 3 is 2.55 bits per heavy atom. The van der Waals surface area contributed by atoms with Crippen LogP contribution in [0.1, 0.15) is 18.4 Å². The van der Waals surface area contributed by atoms with Crippen molar-refractivity contribution in [3.05, 3.63) is 35.9 Å². The first kappa shape index (κ1) is 13.4. The lowest BCUT2D eigenvalue weighted by molar-refractivity contribution is -0.0164. The number of ether oxygens (including phenoxy) is 2. The number of carbonyl (C=O) groups is 1. The van der Waals surface area contributed by atoms with Gasteiger partial charge in [-0.3, -0.25) is 0 Å². The maximum Gasteiger partial charge on any atom is 0.407 e. The van der Waals surface area contributed by atoms with E-state index < -0.39 is 0 Å². The van der Waals surface area contributed by atoms with Gasteiger partial charge >= 0.3 is 6.09 Å². The maximum atomic E-state index is 11.6. The maximum absolute atomic E-state index is 11.6. The molecule has 0 spiro atoms. The largest absolute Gasteiger partial charge is 0.445 e. The molecule has 2 fully saturated rings. The molecule has 2 N–H and O–H groups in total. The second-order valence-electron chi connectivity index (χ2n) is 5.47. The van der Waals surface area contributed by atoms with E-state index in [2.05, 4.69) is 10.6 Å². The topological polar surface area (TPSA) is 59.6 Å². The summed E-state index contributed by atoms with van der Waals surface area (Å²) in [6.45, 7) is 1.95. The summed E-state index contributed by atoms with van der Waals surface area (Å²) < 4.78 is 10.3. The number of amides is 1. The van der Waals surface area contributed by atoms with Crippen LogP contribution in [0.4, 0.5) is 4.79 Å². The molecule has 1 aliphatic heterocycles. The molecule has 1 aromatic rings. The van der Waals surface area contributed by atoms with Crippen molar-refractivity contribution in [2.24, 2.45) is 0 Å². The summed E-state index contributed by atoms with van der Waals surface area (Å²) in [4.78, 5) is 11.6. The Bertz CT molecular complexity index is 442. The molecule has 0 aromatic heterocycles. The highest BCUT2D eigenvalue weighted by molar-refractivity contribution is 5.67. The monoisotopic (exact) mass is 276 g/mol. The molecule has 3 rings (SSSR count). The quantitative estimate of drug-likeness (QED) is 0.854. The van der Waals surface area contributed by atoms with Crippen LogP contribution in [0.3, 0.4) is 0 Å². The third-order valence-corrected chi connectivity index (χ3v) is 3.78. The highest BCUT2D eigenvalue weighted by Gasteiger charge is 2.33. The van der Waals surface area contributed by atoms with Crippen LogP contribution in [0.2, 0.25) is 0 Å². The number of nitrogens with one attached hydrogen (secondary N) is 2. The van der Waals surface area contributed by atoms with Gasteiger partial charge in [0.2, 0.25) is 0 Å². The van der Waals surface area contributed by atoms with Gasteiger partial charge in [0.05, 0.1) is 19.3 Å². The summed E-state index contributed by atoms with van der Waals surface area (Å²) in [5, 5.41) is 6.39. The average Bonchev–Trinajstić information content (AvgIpc) is 2.38. The number of hydrogen-bond donors (Lipinski definition) is 2. The number of alkyl carbamates (subject to hydrolysis) is 1. The molecule has 5 heteroatoms. The predicted molar refractivity (Wildman–Crippen MR) is 74.3 cm³/mol. The van der Waals surface area contributed by atoms with E-state index in [9.17, 15) is 4.79 Å². The van der Waals surface area contributed by atoms with E-state index in [0.29, 0.717) is 18.7 Å². The third kappa shape index (κ3) is 3.49. The molecule has 0 unspecified atom stereocenters. The smallest absolute Gasteiger partial charge is 0.407 e. The summed E-state index contributed by atoms with van der Waals surface area (Å²) in [5.41, 5.74) is 1.00. The molecule has 1 heterocycles. The minimum absolute atomic E-state index is 0.233. The highest BCUT2D eigenvalue weighted by Crippen LogP contribution is 2.21. The molecule has 20 heavy (non-hydrogen) atoms. The molecule has 0 atom stereocenters. The van der Waals surface area contributed by atoms with Crippen LogP contribution in [0.5, 0.6) is 0 Å². The molecule has 1 amide bonds. The standard InChI is InChI=1S/C15H20N2O3/c18-15(20-8-11-4-2-1-3-5-11)17-13-6-12(7-13)16-14-9-19-10-14/h1-5,12-14,16H,6-10H2,(H,17,18). The van der Waals surface area contributed by atoms with Crippen molar-refractivity contribution >= 4 is 6.09 Å². The first-order chi connectivity index (χ1) is 9.79. The normalized spacial score (nSPS) is 25.4. The van der Waals surface area contributed by atoms with E-state index in [1.807, 2.05) is 30.3 Å². The molecule has 1 aromatic carbocycles. The summed E-state index contributed by atoms with van der Waals surface area (Å²) in [5.74, 6) is 0. The SMILES string of the molecule is O=C(NC1CC(NC2COC2)C1)OCc1ccccc1. The highest BCUT2D eigenvalue weighted by atomic mass is 16.5. The van der Waals surface area contributed by atoms with Crippen molar-refractivity contribution in [1.82, 2.24) is 10.6 Å². The van der Waals surface area contributed by atoms with Gasteiger partial charge in [0, 0.05) is 12.1 Å². The Labute approximate surface area is 118 Å². The molecule has 1 aliphatic carbocycles. The molecule has 0 radical (unpaired) electrons. The minimum Gasteiger partial charge on any atom is -0.445 e. The van der Waals surface area contributed by atoms with Crippen LogP contribution in [0.25, 0.3) is 0 Å². The van der Waals surface area contributed by atoms with E-state index in [1.54, 1.807) is 0 Å². The van der Waals surface area contributed by atoms with Gasteiger partial charge in [-0.15, -0.1) is 0 Å². The molecular formula is C15H20N2O3. The fraction of sp³-hybridized carbons (Fsp3) is 0.533. The van der Waals surface area contributed by atoms with Crippen LogP contribution < -0.4 is 10.6 Å². The number of carbonyl (C=O) groups excluding carboxylic acids is 1. The minimum atomic E-state index is -0.329. The van der Waals surface area contributed by atoms with Crippen molar-refractivity contribution in [2.75, 3.05) is 13.2 Å². The van der Waals surface area contributed by atoms with E-state index >= 15 is 0 Å². The lowest BCUT2D eigenvalue weighted by Gasteiger charge is -2.40. The van der Waals surface area contributed by atoms with Gasteiger partial charge in [0.15, 0.2) is 0 Å². The first-order valence-corrected chi connectivity index (χ1v) is 7.10. The van der Waals surface area contributed by atoms with E-state index in [4.69, 9.17) is 9.47 Å². The molecule has 1 saturated heterocycles. The Kier molecular flexibility index (Phi) is 4.18. The van der Waals surface area contributed by atoms with Gasteiger partial charge in [-0.2, -0.15) is 0 Å². The van der Waals surface area contributed by atoms with Gasteiger partial charge in [-0.05, 0) is 18.4 Å². The van der Waals surface area contributed by atoms with Crippen LogP contribution in [-0.2, 0) is 16.1 Å². The van der Waals surface area contributed by atoms with Crippen molar-refractivity contribution in [3.63, 3.8) is 0 Å². The lowest BCUT2D eigenvalue weighted by atomic mass is 9.86. The van der Waals surface area contributed by atoms with Crippen LogP contribution in [0, 0.1) is 0 Å². The molecule has 0 bridgehead atoms. The molecule has 2 aliphatic rings. The number of benzene rings is 1. The zero-order chi connectivity index (χ0) is 13.8. The summed E-state index contributed by atoms with van der Waals surface area (Å²) >= 11 is 0. The molecule has 1 saturated carbocycles. The van der Waals surface area contributed by atoms with E-state index in [-0.39, 0.29) is 12.1 Å². The molecule has 108 valence electrons. The van der Waals surface area contributed by atoms with E-state index in [1.165, 1.54) is 0 Å². The van der Waals surface area contributed by atoms with E-state index in [0.717, 1.165) is 31.6 Å². The second-order valence-corrected chi connectivity index (χ2v) is 5.47. The van der Waals surface area contributed by atoms with Crippen molar-refractivity contribution in [1.29, 1.82) is 0 Å². The number of hydrogen-bond acceptors (Lipinski definition) is 4. The molecule has 5 nitrogen and oxygen atoms in total. The fourth-order valence-electron chi connectivity index (χ4n) is 2.47. The summed E-state index contributed by atoms with van der Waals surface area (Å²) in [7, 11) is 0. The average molecular weight is 276 g/mol. The van der Waals surface area contributed by atoms with Gasteiger partial charge in [-0.1, -0.05) is 30.3 Å². The van der Waals surface area contributed by atoms with Gasteiger partial charge < -0.3 is 20.1 Å². The predicted octanol–water partition coefficient (Wildman–Crippen LogP) is 1.43. The van der Waals surface area contributed by atoms with Crippen molar-refractivity contribution < 1.29 is 14.3 Å². The van der Waals surface area contributed by atoms with Crippen LogP contribution in [-0.4, -0.2) is 37.4 Å². The van der Waals surface area contributed by atoms with Crippen LogP contribution in [0.15, 0.2) is 30.3 Å². The summed E-state index contributed by atoms with van der Waals surface area (Å²) in [6.07, 6.45) is 1.61. The first-order valence-electron chi connectivity index (χ1n) is 7.10. The zero-order valence-corrected chi connectivity index (χ0v) is 11.4. The molecular weight excluding hydrogens is 256 g/mol. The Hall–Kier alpha value is -1.59. The van der Waals surface area contributed by atoms with Gasteiger partial charge in [-0.25, -0.2) is 4.79 Å². The summed E-state index contributed by atoms with van der Waals surface area (Å²) in [6, 6.07) is 10.9. The lowest BCUT2D eigenvalue weighted by Crippen LogP contribution is -2.58. The van der Waals surface area contributed by atoms with Gasteiger partial charge in [0.1, 0.15) is 6.61 Å². The van der Waals surface area contributed by atoms with Crippen molar-refractivity contribution in [3.8, 4) is 0 Å². The van der Waals surface area contributed by atoms with Crippen molar-refractivity contribution in [2.45, 2.75) is 37.6 Å².